The second-order valence-corrected chi connectivity index (χ2v) is 6.80. The molecular formula is C17H25N5O. The summed E-state index contributed by atoms with van der Waals surface area (Å²) in [6.07, 6.45) is 3.13. The summed E-state index contributed by atoms with van der Waals surface area (Å²) in [6, 6.07) is 5.13. The maximum atomic E-state index is 10.4. The van der Waals surface area contributed by atoms with E-state index in [1.807, 2.05) is 24.1 Å². The van der Waals surface area contributed by atoms with Crippen molar-refractivity contribution < 1.29 is 5.11 Å². The second-order valence-electron chi connectivity index (χ2n) is 6.80. The fourth-order valence-electron chi connectivity index (χ4n) is 4.10. The van der Waals surface area contributed by atoms with Crippen molar-refractivity contribution in [2.24, 2.45) is 0 Å². The van der Waals surface area contributed by atoms with E-state index in [1.165, 1.54) is 0 Å². The Bertz CT molecular complexity index is 619. The molecule has 3 atom stereocenters. The van der Waals surface area contributed by atoms with Crippen LogP contribution in [-0.4, -0.2) is 78.0 Å². The van der Waals surface area contributed by atoms with Crippen molar-refractivity contribution in [3.05, 3.63) is 30.0 Å². The number of piperazine rings is 2. The summed E-state index contributed by atoms with van der Waals surface area (Å²) < 4.78 is 0. The smallest absolute Gasteiger partial charge is 0.149 e. The lowest BCUT2D eigenvalue weighted by Gasteiger charge is -2.50. The van der Waals surface area contributed by atoms with Crippen LogP contribution in [0.1, 0.15) is 12.5 Å². The normalized spacial score (nSPS) is 31.4. The summed E-state index contributed by atoms with van der Waals surface area (Å²) in [6.45, 7) is 7.54. The third kappa shape index (κ3) is 2.51. The first kappa shape index (κ1) is 14.9. The van der Waals surface area contributed by atoms with Gasteiger partial charge in [0.05, 0.1) is 0 Å². The Morgan fingerprint density at radius 3 is 3.09 bits per heavy atom. The Kier molecular flexibility index (Phi) is 3.75. The number of nitrogens with one attached hydrogen (secondary N) is 1. The van der Waals surface area contributed by atoms with Gasteiger partial charge in [0, 0.05) is 69.3 Å². The standard InChI is InChI=1S/C17H25N5O/c1-12-10-21(11-13-9-18-6-7-22(12)13)15-8-16(23)20(2)17-14(15)4-3-5-19-17/h3-5,8,12-13,16,18,23H,6-7,9-11H2,1-2H3/t12-,13+,16?/m1/s1. The molecule has 2 saturated heterocycles. The lowest BCUT2D eigenvalue weighted by atomic mass is 10.00. The number of likely N-dealkylation sites (N-methyl/N-ethyl adjacent to an activating group) is 1. The predicted molar refractivity (Wildman–Crippen MR) is 91.0 cm³/mol. The molecule has 124 valence electrons. The van der Waals surface area contributed by atoms with E-state index in [1.54, 1.807) is 6.20 Å². The van der Waals surface area contributed by atoms with Gasteiger partial charge in [-0.15, -0.1) is 0 Å². The van der Waals surface area contributed by atoms with Crippen molar-refractivity contribution in [1.82, 2.24) is 20.1 Å². The largest absolute Gasteiger partial charge is 0.370 e. The van der Waals surface area contributed by atoms with Crippen LogP contribution in [0.25, 0.3) is 5.70 Å². The van der Waals surface area contributed by atoms with Crippen molar-refractivity contribution in [3.8, 4) is 0 Å². The molecule has 1 unspecified atom stereocenters. The van der Waals surface area contributed by atoms with E-state index in [9.17, 15) is 5.11 Å². The van der Waals surface area contributed by atoms with E-state index in [0.29, 0.717) is 12.1 Å². The molecule has 0 bridgehead atoms. The van der Waals surface area contributed by atoms with Gasteiger partial charge in [-0.1, -0.05) is 0 Å². The van der Waals surface area contributed by atoms with Crippen LogP contribution in [0.3, 0.4) is 0 Å². The summed E-state index contributed by atoms with van der Waals surface area (Å²) >= 11 is 0. The van der Waals surface area contributed by atoms with Crippen LogP contribution in [0.2, 0.25) is 0 Å². The summed E-state index contributed by atoms with van der Waals surface area (Å²) in [4.78, 5) is 11.3. The Morgan fingerprint density at radius 2 is 2.22 bits per heavy atom. The minimum atomic E-state index is -0.620. The number of aliphatic hydroxyl groups is 1. The van der Waals surface area contributed by atoms with Gasteiger partial charge in [-0.25, -0.2) is 4.98 Å². The predicted octanol–water partition coefficient (Wildman–Crippen LogP) is 0.169. The van der Waals surface area contributed by atoms with Crippen molar-refractivity contribution in [1.29, 1.82) is 0 Å². The zero-order valence-corrected chi connectivity index (χ0v) is 13.8. The monoisotopic (exact) mass is 315 g/mol. The average Bonchev–Trinajstić information content (AvgIpc) is 2.58. The molecule has 0 aliphatic carbocycles. The number of aromatic nitrogens is 1. The van der Waals surface area contributed by atoms with Crippen molar-refractivity contribution in [3.63, 3.8) is 0 Å². The van der Waals surface area contributed by atoms with Gasteiger partial charge in [0.25, 0.3) is 0 Å². The number of hydrogen-bond acceptors (Lipinski definition) is 6. The average molecular weight is 315 g/mol. The lowest BCUT2D eigenvalue weighted by Crippen LogP contribution is -2.64. The highest BCUT2D eigenvalue weighted by atomic mass is 16.3. The number of anilines is 1. The van der Waals surface area contributed by atoms with Gasteiger partial charge in [-0.05, 0) is 25.1 Å². The summed E-state index contributed by atoms with van der Waals surface area (Å²) in [7, 11) is 1.88. The fraction of sp³-hybridized carbons (Fsp3) is 0.588. The minimum Gasteiger partial charge on any atom is -0.370 e. The molecule has 0 aromatic carbocycles. The molecule has 4 rings (SSSR count). The molecule has 6 nitrogen and oxygen atoms in total. The third-order valence-electron chi connectivity index (χ3n) is 5.32. The summed E-state index contributed by atoms with van der Waals surface area (Å²) in [5, 5.41) is 13.9. The van der Waals surface area contributed by atoms with E-state index < -0.39 is 6.23 Å². The topological polar surface area (TPSA) is 54.9 Å². The van der Waals surface area contributed by atoms with Crippen LogP contribution >= 0.6 is 0 Å². The highest BCUT2D eigenvalue weighted by Crippen LogP contribution is 2.34. The molecule has 6 heteroatoms. The van der Waals surface area contributed by atoms with Crippen molar-refractivity contribution >= 4 is 11.5 Å². The molecule has 2 fully saturated rings. The highest BCUT2D eigenvalue weighted by Gasteiger charge is 2.36. The number of rotatable bonds is 1. The number of pyridine rings is 1. The van der Waals surface area contributed by atoms with E-state index in [-0.39, 0.29) is 0 Å². The minimum absolute atomic E-state index is 0.522. The first-order chi connectivity index (χ1) is 11.1. The molecule has 0 radical (unpaired) electrons. The number of aliphatic hydroxyl groups excluding tert-OH is 1. The molecule has 3 aliphatic heterocycles. The van der Waals surface area contributed by atoms with Gasteiger partial charge in [0.2, 0.25) is 0 Å². The van der Waals surface area contributed by atoms with Crippen LogP contribution in [0.4, 0.5) is 5.82 Å². The molecular weight excluding hydrogens is 290 g/mol. The van der Waals surface area contributed by atoms with Crippen molar-refractivity contribution in [2.45, 2.75) is 25.2 Å². The van der Waals surface area contributed by atoms with Crippen LogP contribution in [0, 0.1) is 0 Å². The van der Waals surface area contributed by atoms with Crippen LogP contribution < -0.4 is 10.2 Å². The first-order valence-electron chi connectivity index (χ1n) is 8.44. The summed E-state index contributed by atoms with van der Waals surface area (Å²) in [5.41, 5.74) is 2.24. The van der Waals surface area contributed by atoms with Gasteiger partial charge in [-0.2, -0.15) is 0 Å². The molecule has 0 amide bonds. The molecule has 23 heavy (non-hydrogen) atoms. The van der Waals surface area contributed by atoms with E-state index in [4.69, 9.17) is 0 Å². The zero-order valence-electron chi connectivity index (χ0n) is 13.8. The lowest BCUT2D eigenvalue weighted by molar-refractivity contribution is 0.0406. The van der Waals surface area contributed by atoms with Gasteiger partial charge in [-0.3, -0.25) is 4.90 Å². The van der Waals surface area contributed by atoms with Crippen LogP contribution in [0.5, 0.6) is 0 Å². The molecule has 4 heterocycles. The maximum Gasteiger partial charge on any atom is 0.149 e. The Balaban J connectivity index is 1.66. The van der Waals surface area contributed by atoms with E-state index in [2.05, 4.69) is 33.1 Å². The van der Waals surface area contributed by atoms with Crippen LogP contribution in [-0.2, 0) is 0 Å². The van der Waals surface area contributed by atoms with Gasteiger partial charge in [0.1, 0.15) is 12.0 Å². The third-order valence-corrected chi connectivity index (χ3v) is 5.32. The van der Waals surface area contributed by atoms with E-state index >= 15 is 0 Å². The molecule has 1 aromatic rings. The fourth-order valence-corrected chi connectivity index (χ4v) is 4.10. The molecule has 1 aromatic heterocycles. The molecule has 3 aliphatic rings. The SMILES string of the molecule is C[C@@H]1CN(C2=CC(O)N(C)c3ncccc32)C[C@@H]2CNCCN21. The maximum absolute atomic E-state index is 10.4. The first-order valence-corrected chi connectivity index (χ1v) is 8.44. The molecule has 0 saturated carbocycles. The van der Waals surface area contributed by atoms with Gasteiger partial charge >= 0.3 is 0 Å². The van der Waals surface area contributed by atoms with E-state index in [0.717, 1.165) is 49.8 Å². The summed E-state index contributed by atoms with van der Waals surface area (Å²) in [5.74, 6) is 0.856. The van der Waals surface area contributed by atoms with Gasteiger partial charge in [0.15, 0.2) is 0 Å². The van der Waals surface area contributed by atoms with Gasteiger partial charge < -0.3 is 20.2 Å². The molecule has 2 N–H and O–H groups in total. The molecule has 0 spiro atoms. The Morgan fingerprint density at radius 1 is 1.35 bits per heavy atom. The number of nitrogens with zero attached hydrogens (tertiary/aromatic N) is 4. The quantitative estimate of drug-likeness (QED) is 0.770. The highest BCUT2D eigenvalue weighted by molar-refractivity contribution is 5.77. The second kappa shape index (κ2) is 5.78. The Labute approximate surface area is 137 Å². The number of hydrogen-bond donors (Lipinski definition) is 2. The van der Waals surface area contributed by atoms with Crippen LogP contribution in [0.15, 0.2) is 24.4 Å². The number of fused-ring (bicyclic) bond motifs is 2. The zero-order chi connectivity index (χ0) is 16.0. The van der Waals surface area contributed by atoms with Crippen molar-refractivity contribution in [2.75, 3.05) is 44.7 Å². The Hall–Kier alpha value is -1.63.